The smallest absolute Gasteiger partial charge is 0.252 e. The quantitative estimate of drug-likeness (QED) is 0.716. The number of hydrogen-bond acceptors (Lipinski definition) is 4. The fraction of sp³-hybridized carbons (Fsp3) is 0.450. The summed E-state index contributed by atoms with van der Waals surface area (Å²) in [5.41, 5.74) is 0.502. The van der Waals surface area contributed by atoms with E-state index in [2.05, 4.69) is 0 Å². The average Bonchev–Trinajstić information content (AvgIpc) is 3.38. The van der Waals surface area contributed by atoms with Gasteiger partial charge in [0.2, 0.25) is 5.91 Å². The van der Waals surface area contributed by atoms with Crippen molar-refractivity contribution >= 4 is 27.3 Å². The van der Waals surface area contributed by atoms with Gasteiger partial charge in [0.1, 0.15) is 10.0 Å². The maximum Gasteiger partial charge on any atom is 0.252 e. The summed E-state index contributed by atoms with van der Waals surface area (Å²) in [6, 6.07) is 9.96. The molecule has 28 heavy (non-hydrogen) atoms. The number of halogens is 1. The lowest BCUT2D eigenvalue weighted by atomic mass is 9.97. The van der Waals surface area contributed by atoms with Gasteiger partial charge in [0, 0.05) is 31.2 Å². The third-order valence-electron chi connectivity index (χ3n) is 5.39. The summed E-state index contributed by atoms with van der Waals surface area (Å²) in [4.78, 5) is 15.0. The Morgan fingerprint density at radius 1 is 1.18 bits per heavy atom. The highest BCUT2D eigenvalue weighted by Crippen LogP contribution is 2.33. The van der Waals surface area contributed by atoms with Crippen molar-refractivity contribution in [2.75, 3.05) is 13.1 Å². The first-order valence-electron chi connectivity index (χ1n) is 9.54. The first-order valence-corrected chi connectivity index (χ1v) is 11.9. The van der Waals surface area contributed by atoms with Gasteiger partial charge in [-0.05, 0) is 43.2 Å². The molecule has 0 bridgehead atoms. The van der Waals surface area contributed by atoms with Gasteiger partial charge < -0.3 is 4.90 Å². The van der Waals surface area contributed by atoms with Gasteiger partial charge in [-0.3, -0.25) is 4.79 Å². The summed E-state index contributed by atoms with van der Waals surface area (Å²) in [6.45, 7) is 0.866. The van der Waals surface area contributed by atoms with E-state index >= 15 is 0 Å². The molecular formula is C20H23FN2O3S2. The fourth-order valence-corrected chi connectivity index (χ4v) is 6.39. The van der Waals surface area contributed by atoms with Crippen molar-refractivity contribution in [3.8, 4) is 0 Å². The number of benzene rings is 1. The van der Waals surface area contributed by atoms with Crippen LogP contribution in [0.1, 0.15) is 31.2 Å². The van der Waals surface area contributed by atoms with Crippen molar-refractivity contribution in [1.29, 1.82) is 0 Å². The minimum Gasteiger partial charge on any atom is -0.335 e. The van der Waals surface area contributed by atoms with Crippen LogP contribution in [-0.4, -0.2) is 42.7 Å². The molecule has 1 amide bonds. The van der Waals surface area contributed by atoms with Crippen LogP contribution in [0.15, 0.2) is 46.0 Å². The Morgan fingerprint density at radius 2 is 1.96 bits per heavy atom. The van der Waals surface area contributed by atoms with Crippen molar-refractivity contribution in [2.24, 2.45) is 5.92 Å². The van der Waals surface area contributed by atoms with Gasteiger partial charge in [-0.25, -0.2) is 12.8 Å². The molecule has 2 fully saturated rings. The maximum absolute atomic E-state index is 14.1. The molecule has 8 heteroatoms. The molecule has 150 valence electrons. The van der Waals surface area contributed by atoms with Crippen LogP contribution in [0.4, 0.5) is 4.39 Å². The molecule has 1 aliphatic carbocycles. The third-order valence-corrected chi connectivity index (χ3v) is 8.63. The Morgan fingerprint density at radius 3 is 2.64 bits per heavy atom. The van der Waals surface area contributed by atoms with Gasteiger partial charge in [0.15, 0.2) is 0 Å². The maximum atomic E-state index is 14.1. The van der Waals surface area contributed by atoms with Gasteiger partial charge >= 0.3 is 0 Å². The molecule has 0 N–H and O–H groups in total. The van der Waals surface area contributed by atoms with E-state index < -0.39 is 10.0 Å². The summed E-state index contributed by atoms with van der Waals surface area (Å²) in [5, 5.41) is 1.74. The van der Waals surface area contributed by atoms with Crippen molar-refractivity contribution in [2.45, 2.75) is 42.5 Å². The van der Waals surface area contributed by atoms with E-state index in [-0.39, 0.29) is 36.8 Å². The molecule has 1 aromatic carbocycles. The summed E-state index contributed by atoms with van der Waals surface area (Å²) in [5.74, 6) is -0.751. The molecule has 0 spiro atoms. The molecule has 1 saturated carbocycles. The minimum atomic E-state index is -3.56. The lowest BCUT2D eigenvalue weighted by Crippen LogP contribution is -2.47. The Labute approximate surface area is 168 Å². The first-order chi connectivity index (χ1) is 13.5. The predicted octanol–water partition coefficient (Wildman–Crippen LogP) is 3.48. The topological polar surface area (TPSA) is 57.7 Å². The summed E-state index contributed by atoms with van der Waals surface area (Å²) < 4.78 is 41.5. The first kappa shape index (κ1) is 19.5. The highest BCUT2D eigenvalue weighted by molar-refractivity contribution is 7.91. The van der Waals surface area contributed by atoms with Crippen LogP contribution in [-0.2, 0) is 21.4 Å². The van der Waals surface area contributed by atoms with Gasteiger partial charge in [-0.1, -0.05) is 24.3 Å². The van der Waals surface area contributed by atoms with Crippen molar-refractivity contribution < 1.29 is 17.6 Å². The molecule has 2 heterocycles. The van der Waals surface area contributed by atoms with E-state index in [1.54, 1.807) is 40.6 Å². The molecule has 1 aromatic heterocycles. The summed E-state index contributed by atoms with van der Waals surface area (Å²) >= 11 is 1.19. The number of thiophene rings is 1. The molecular weight excluding hydrogens is 399 g/mol. The van der Waals surface area contributed by atoms with E-state index in [9.17, 15) is 17.6 Å². The van der Waals surface area contributed by atoms with Crippen LogP contribution in [0.25, 0.3) is 0 Å². The van der Waals surface area contributed by atoms with Crippen LogP contribution in [0.5, 0.6) is 0 Å². The van der Waals surface area contributed by atoms with E-state index in [4.69, 9.17) is 0 Å². The zero-order valence-electron chi connectivity index (χ0n) is 15.5. The van der Waals surface area contributed by atoms with Crippen LogP contribution in [0, 0.1) is 11.7 Å². The van der Waals surface area contributed by atoms with E-state index in [0.29, 0.717) is 29.2 Å². The second-order valence-corrected chi connectivity index (χ2v) is 10.5. The number of rotatable bonds is 6. The number of sulfonamides is 1. The normalized spacial score (nSPS) is 20.8. The highest BCUT2D eigenvalue weighted by atomic mass is 32.2. The van der Waals surface area contributed by atoms with Crippen LogP contribution in [0.3, 0.4) is 0 Å². The van der Waals surface area contributed by atoms with E-state index in [1.807, 2.05) is 0 Å². The Balaban J connectivity index is 1.50. The van der Waals surface area contributed by atoms with E-state index in [1.165, 1.54) is 21.7 Å². The van der Waals surface area contributed by atoms with Crippen LogP contribution < -0.4 is 0 Å². The lowest BCUT2D eigenvalue weighted by Gasteiger charge is -2.34. The molecule has 2 aliphatic rings. The average molecular weight is 423 g/mol. The molecule has 0 radical (unpaired) electrons. The number of carbonyl (C=O) groups is 1. The monoisotopic (exact) mass is 422 g/mol. The number of piperidine rings is 1. The molecule has 1 atom stereocenters. The molecule has 4 rings (SSSR count). The van der Waals surface area contributed by atoms with Crippen LogP contribution >= 0.6 is 11.3 Å². The van der Waals surface area contributed by atoms with Crippen LogP contribution in [0.2, 0.25) is 0 Å². The zero-order chi connectivity index (χ0) is 19.7. The Bertz CT molecular complexity index is 942. The van der Waals surface area contributed by atoms with Gasteiger partial charge in [-0.2, -0.15) is 4.31 Å². The van der Waals surface area contributed by atoms with Gasteiger partial charge in [-0.15, -0.1) is 11.3 Å². The number of hydrogen-bond donors (Lipinski definition) is 0. The number of amides is 1. The Kier molecular flexibility index (Phi) is 5.53. The summed E-state index contributed by atoms with van der Waals surface area (Å²) in [6.07, 6.45) is 3.16. The van der Waals surface area contributed by atoms with Gasteiger partial charge in [0.05, 0.1) is 5.92 Å². The van der Waals surface area contributed by atoms with E-state index in [0.717, 1.165) is 12.8 Å². The molecule has 1 saturated heterocycles. The molecule has 2 aromatic rings. The van der Waals surface area contributed by atoms with Crippen molar-refractivity contribution in [1.82, 2.24) is 9.21 Å². The largest absolute Gasteiger partial charge is 0.335 e. The molecule has 5 nitrogen and oxygen atoms in total. The second kappa shape index (κ2) is 7.93. The highest BCUT2D eigenvalue weighted by Gasteiger charge is 2.39. The second-order valence-electron chi connectivity index (χ2n) is 7.42. The number of nitrogens with zero attached hydrogens (tertiary/aromatic N) is 2. The standard InChI is InChI=1S/C20H23FN2O3S2/c21-18-7-2-1-5-15(18)14-23(17-9-10-17)20(24)16-6-3-11-22(13-16)28(25,26)19-8-4-12-27-19/h1-2,4-5,7-8,12,16-17H,3,6,9-11,13-14H2. The Hall–Kier alpha value is -1.77. The molecule has 1 aliphatic heterocycles. The summed E-state index contributed by atoms with van der Waals surface area (Å²) in [7, 11) is -3.56. The molecule has 1 unspecified atom stereocenters. The third kappa shape index (κ3) is 3.99. The van der Waals surface area contributed by atoms with Gasteiger partial charge in [0.25, 0.3) is 10.0 Å². The predicted molar refractivity (Wildman–Crippen MR) is 106 cm³/mol. The van der Waals surface area contributed by atoms with Crippen molar-refractivity contribution in [3.63, 3.8) is 0 Å². The SMILES string of the molecule is O=C(C1CCCN(S(=O)(=O)c2cccs2)C1)N(Cc1ccccc1F)C1CC1. The minimum absolute atomic E-state index is 0.0585. The fourth-order valence-electron chi connectivity index (χ4n) is 3.72. The lowest BCUT2D eigenvalue weighted by molar-refractivity contribution is -0.138. The zero-order valence-corrected chi connectivity index (χ0v) is 17.1. The van der Waals surface area contributed by atoms with Crippen molar-refractivity contribution in [3.05, 3.63) is 53.2 Å². The number of carbonyl (C=O) groups excluding carboxylic acids is 1.